The summed E-state index contributed by atoms with van der Waals surface area (Å²) in [5.74, 6) is -0.0530. The van der Waals surface area contributed by atoms with Crippen LogP contribution in [0.3, 0.4) is 0 Å². The molecule has 1 amide bonds. The maximum Gasteiger partial charge on any atom is 0.221 e. The number of carbonyl (C=O) groups is 1. The molecule has 0 fully saturated rings. The van der Waals surface area contributed by atoms with Gasteiger partial charge in [-0.25, -0.2) is 0 Å². The van der Waals surface area contributed by atoms with E-state index in [1.165, 1.54) is 23.6 Å². The zero-order valence-electron chi connectivity index (χ0n) is 18.9. The van der Waals surface area contributed by atoms with E-state index in [0.29, 0.717) is 6.54 Å². The maximum absolute atomic E-state index is 11.2. The predicted octanol–water partition coefficient (Wildman–Crippen LogP) is 4.93. The van der Waals surface area contributed by atoms with Crippen molar-refractivity contribution in [1.82, 2.24) is 4.90 Å². The number of carbonyl (C=O) groups excluding carboxylic acids is 1. The zero-order chi connectivity index (χ0) is 21.7. The van der Waals surface area contributed by atoms with Crippen LogP contribution >= 0.6 is 0 Å². The molecule has 0 aliphatic rings. The Kier molecular flexibility index (Phi) is 7.61. The Balaban J connectivity index is 2.15. The van der Waals surface area contributed by atoms with Gasteiger partial charge in [0.15, 0.2) is 0 Å². The van der Waals surface area contributed by atoms with Crippen LogP contribution in [0.2, 0.25) is 0 Å². The number of nitrogens with one attached hydrogen (secondary N) is 1. The third-order valence-electron chi connectivity index (χ3n) is 5.11. The van der Waals surface area contributed by atoms with Crippen molar-refractivity contribution >= 4 is 11.6 Å². The van der Waals surface area contributed by atoms with Gasteiger partial charge in [0, 0.05) is 32.2 Å². The number of rotatable bonds is 8. The van der Waals surface area contributed by atoms with Crippen LogP contribution in [0.15, 0.2) is 48.5 Å². The van der Waals surface area contributed by atoms with Crippen molar-refractivity contribution in [2.45, 2.75) is 60.0 Å². The SMILES string of the molecule is CC(=O)Nc1ccc(CN(Cc2ccc(C(C)(C)C)cc2)CC(C)(C)CN)cc1. The number of nitrogens with two attached hydrogens (primary N) is 1. The molecule has 3 N–H and O–H groups in total. The highest BCUT2D eigenvalue weighted by atomic mass is 16.1. The Hall–Kier alpha value is -2.17. The zero-order valence-corrected chi connectivity index (χ0v) is 18.9. The van der Waals surface area contributed by atoms with Gasteiger partial charge in [-0.15, -0.1) is 0 Å². The van der Waals surface area contributed by atoms with Gasteiger partial charge in [-0.2, -0.15) is 0 Å². The van der Waals surface area contributed by atoms with Crippen LogP contribution in [0.1, 0.15) is 58.2 Å². The molecule has 158 valence electrons. The second-order valence-electron chi connectivity index (χ2n) is 9.84. The van der Waals surface area contributed by atoms with Crippen molar-refractivity contribution in [2.24, 2.45) is 11.1 Å². The highest BCUT2D eigenvalue weighted by Gasteiger charge is 2.21. The van der Waals surface area contributed by atoms with Crippen molar-refractivity contribution in [1.29, 1.82) is 0 Å². The van der Waals surface area contributed by atoms with Gasteiger partial charge in [0.1, 0.15) is 0 Å². The number of nitrogens with zero attached hydrogens (tertiary/aromatic N) is 1. The molecule has 0 heterocycles. The summed E-state index contributed by atoms with van der Waals surface area (Å²) in [7, 11) is 0. The Morgan fingerprint density at radius 2 is 1.38 bits per heavy atom. The van der Waals surface area contributed by atoms with Gasteiger partial charge in [-0.3, -0.25) is 9.69 Å². The van der Waals surface area contributed by atoms with Gasteiger partial charge >= 0.3 is 0 Å². The quantitative estimate of drug-likeness (QED) is 0.666. The van der Waals surface area contributed by atoms with E-state index < -0.39 is 0 Å². The minimum Gasteiger partial charge on any atom is -0.330 e. The molecule has 0 aromatic heterocycles. The lowest BCUT2D eigenvalue weighted by atomic mass is 9.86. The topological polar surface area (TPSA) is 58.4 Å². The number of benzene rings is 2. The largest absolute Gasteiger partial charge is 0.330 e. The minimum atomic E-state index is -0.0530. The Morgan fingerprint density at radius 3 is 1.79 bits per heavy atom. The fourth-order valence-electron chi connectivity index (χ4n) is 3.36. The van der Waals surface area contributed by atoms with Crippen molar-refractivity contribution in [2.75, 3.05) is 18.4 Å². The second-order valence-corrected chi connectivity index (χ2v) is 9.84. The molecule has 2 aromatic carbocycles. The summed E-state index contributed by atoms with van der Waals surface area (Å²) in [6.45, 7) is 15.9. The molecule has 2 aromatic rings. The Labute approximate surface area is 176 Å². The summed E-state index contributed by atoms with van der Waals surface area (Å²) in [4.78, 5) is 13.7. The van der Waals surface area contributed by atoms with E-state index in [0.717, 1.165) is 25.3 Å². The van der Waals surface area contributed by atoms with E-state index in [9.17, 15) is 4.79 Å². The minimum absolute atomic E-state index is 0.0431. The summed E-state index contributed by atoms with van der Waals surface area (Å²) >= 11 is 0. The molecule has 0 saturated heterocycles. The molecule has 4 nitrogen and oxygen atoms in total. The van der Waals surface area contributed by atoms with Crippen molar-refractivity contribution < 1.29 is 4.79 Å². The molecule has 0 bridgehead atoms. The van der Waals surface area contributed by atoms with Crippen LogP contribution in [0.4, 0.5) is 5.69 Å². The fraction of sp³-hybridized carbons (Fsp3) is 0.480. The highest BCUT2D eigenvalue weighted by molar-refractivity contribution is 5.88. The summed E-state index contributed by atoms with van der Waals surface area (Å²) in [5.41, 5.74) is 10.9. The first-order chi connectivity index (χ1) is 13.5. The fourth-order valence-corrected chi connectivity index (χ4v) is 3.36. The molecule has 0 radical (unpaired) electrons. The molecule has 2 rings (SSSR count). The maximum atomic E-state index is 11.2. The van der Waals surface area contributed by atoms with E-state index in [1.807, 2.05) is 12.1 Å². The standard InChI is InChI=1S/C25H37N3O/c1-19(29)27-23-13-9-21(10-14-23)16-28(18-25(5,6)17-26)15-20-7-11-22(12-8-20)24(2,3)4/h7-14H,15-18,26H2,1-6H3,(H,27,29). The van der Waals surface area contributed by atoms with Gasteiger partial charge in [-0.05, 0) is 46.2 Å². The van der Waals surface area contributed by atoms with E-state index in [2.05, 4.69) is 81.2 Å². The van der Waals surface area contributed by atoms with Crippen molar-refractivity contribution in [3.8, 4) is 0 Å². The van der Waals surface area contributed by atoms with Crippen LogP contribution in [-0.2, 0) is 23.3 Å². The summed E-state index contributed by atoms with van der Waals surface area (Å²) in [6.07, 6.45) is 0. The third kappa shape index (κ3) is 7.64. The van der Waals surface area contributed by atoms with Gasteiger partial charge in [0.05, 0.1) is 0 Å². The molecule has 0 aliphatic carbocycles. The van der Waals surface area contributed by atoms with E-state index in [-0.39, 0.29) is 16.7 Å². The first kappa shape index (κ1) is 23.1. The second kappa shape index (κ2) is 9.55. The van der Waals surface area contributed by atoms with Crippen LogP contribution in [-0.4, -0.2) is 23.9 Å². The van der Waals surface area contributed by atoms with Gasteiger partial charge in [0.2, 0.25) is 5.91 Å². The number of anilines is 1. The van der Waals surface area contributed by atoms with E-state index in [1.54, 1.807) is 0 Å². The predicted molar refractivity (Wildman–Crippen MR) is 123 cm³/mol. The lowest BCUT2D eigenvalue weighted by Crippen LogP contribution is -2.38. The third-order valence-corrected chi connectivity index (χ3v) is 5.11. The lowest BCUT2D eigenvalue weighted by molar-refractivity contribution is -0.114. The lowest BCUT2D eigenvalue weighted by Gasteiger charge is -2.32. The number of hydrogen-bond donors (Lipinski definition) is 2. The average molecular weight is 396 g/mol. The molecule has 0 spiro atoms. The Bertz CT molecular complexity index is 786. The van der Waals surface area contributed by atoms with E-state index >= 15 is 0 Å². The molecule has 0 aliphatic heterocycles. The van der Waals surface area contributed by atoms with Crippen LogP contribution < -0.4 is 11.1 Å². The molecule has 0 unspecified atom stereocenters. The summed E-state index contributed by atoms with van der Waals surface area (Å²) < 4.78 is 0. The van der Waals surface area contributed by atoms with E-state index in [4.69, 9.17) is 5.73 Å². The average Bonchev–Trinajstić information content (AvgIpc) is 2.62. The molecule has 0 atom stereocenters. The molecule has 29 heavy (non-hydrogen) atoms. The molecular weight excluding hydrogens is 358 g/mol. The monoisotopic (exact) mass is 395 g/mol. The highest BCUT2D eigenvalue weighted by Crippen LogP contribution is 2.24. The first-order valence-corrected chi connectivity index (χ1v) is 10.4. The van der Waals surface area contributed by atoms with Crippen molar-refractivity contribution in [3.63, 3.8) is 0 Å². The van der Waals surface area contributed by atoms with Crippen LogP contribution in [0.25, 0.3) is 0 Å². The summed E-state index contributed by atoms with van der Waals surface area (Å²) in [5, 5.41) is 2.82. The Morgan fingerprint density at radius 1 is 0.897 bits per heavy atom. The van der Waals surface area contributed by atoms with Gasteiger partial charge in [-0.1, -0.05) is 71.0 Å². The first-order valence-electron chi connectivity index (χ1n) is 10.4. The van der Waals surface area contributed by atoms with Gasteiger partial charge in [0.25, 0.3) is 0 Å². The molecule has 4 heteroatoms. The van der Waals surface area contributed by atoms with Crippen molar-refractivity contribution in [3.05, 3.63) is 65.2 Å². The normalized spacial score (nSPS) is 12.3. The smallest absolute Gasteiger partial charge is 0.221 e. The number of amides is 1. The molecule has 0 saturated carbocycles. The van der Waals surface area contributed by atoms with Crippen LogP contribution in [0.5, 0.6) is 0 Å². The molecular formula is C25H37N3O. The van der Waals surface area contributed by atoms with Crippen LogP contribution in [0, 0.1) is 5.41 Å². The van der Waals surface area contributed by atoms with Gasteiger partial charge < -0.3 is 11.1 Å². The number of hydrogen-bond acceptors (Lipinski definition) is 3. The summed E-state index contributed by atoms with van der Waals surface area (Å²) in [6, 6.07) is 17.0.